The molecule has 9 nitrogen and oxygen atoms in total. The summed E-state index contributed by atoms with van der Waals surface area (Å²) in [5.41, 5.74) is 12.7. The van der Waals surface area contributed by atoms with E-state index >= 15 is 0 Å². The fraction of sp³-hybridized carbons (Fsp3) is 0. The highest BCUT2D eigenvalue weighted by Crippen LogP contribution is 2.40. The van der Waals surface area contributed by atoms with Crippen LogP contribution in [0.1, 0.15) is 0 Å². The van der Waals surface area contributed by atoms with E-state index < -0.39 is 0 Å². The van der Waals surface area contributed by atoms with Crippen LogP contribution in [0.3, 0.4) is 0 Å². The van der Waals surface area contributed by atoms with Gasteiger partial charge in [-0.2, -0.15) is 0 Å². The summed E-state index contributed by atoms with van der Waals surface area (Å²) in [6.45, 7) is 0. The van der Waals surface area contributed by atoms with E-state index in [0.29, 0.717) is 51.7 Å². The molecular weight excluding hydrogens is 849 g/mol. The monoisotopic (exact) mass is 884 g/mol. The summed E-state index contributed by atoms with van der Waals surface area (Å²) < 4.78 is 6.82. The summed E-state index contributed by atoms with van der Waals surface area (Å²) >= 11 is 0. The molecule has 8 aromatic carbocycles. The van der Waals surface area contributed by atoms with Crippen LogP contribution in [0.25, 0.3) is 135 Å². The van der Waals surface area contributed by atoms with Crippen LogP contribution in [0, 0.1) is 0 Å². The zero-order valence-corrected chi connectivity index (χ0v) is 36.8. The van der Waals surface area contributed by atoms with E-state index in [-0.39, 0.29) is 0 Å². The molecule has 0 radical (unpaired) electrons. The van der Waals surface area contributed by atoms with Crippen LogP contribution < -0.4 is 0 Å². The number of aromatic nitrogens is 8. The molecule has 0 saturated heterocycles. The van der Waals surface area contributed by atoms with Crippen LogP contribution in [0.5, 0.6) is 0 Å². The maximum Gasteiger partial charge on any atom is 0.160 e. The van der Waals surface area contributed by atoms with Gasteiger partial charge in [-0.15, -0.1) is 0 Å². The van der Waals surface area contributed by atoms with Crippen molar-refractivity contribution in [2.45, 2.75) is 0 Å². The lowest BCUT2D eigenvalue weighted by Gasteiger charge is -2.12. The van der Waals surface area contributed by atoms with Gasteiger partial charge in [0.05, 0.1) is 33.8 Å². The van der Waals surface area contributed by atoms with E-state index in [0.717, 1.165) is 82.9 Å². The average Bonchev–Trinajstić information content (AvgIpc) is 3.81. The maximum atomic E-state index is 6.82. The largest absolute Gasteiger partial charge is 0.455 e. The van der Waals surface area contributed by atoms with Crippen LogP contribution in [0.4, 0.5) is 0 Å². The molecule has 0 aliphatic rings. The van der Waals surface area contributed by atoms with Crippen molar-refractivity contribution in [2.75, 3.05) is 0 Å². The molecule has 0 saturated carbocycles. The average molecular weight is 885 g/mol. The Labute approximate surface area is 395 Å². The first-order chi connectivity index (χ1) is 34.2. The van der Waals surface area contributed by atoms with E-state index in [9.17, 15) is 0 Å². The van der Waals surface area contributed by atoms with Gasteiger partial charge in [0.15, 0.2) is 23.3 Å². The summed E-state index contributed by atoms with van der Waals surface area (Å²) in [6, 6.07) is 72.8. The van der Waals surface area contributed by atoms with Gasteiger partial charge in [-0.05, 0) is 48.5 Å². The van der Waals surface area contributed by atoms with Crippen LogP contribution in [0.2, 0.25) is 0 Å². The number of furan rings is 1. The van der Waals surface area contributed by atoms with Gasteiger partial charge in [0.2, 0.25) is 0 Å². The molecule has 0 bridgehead atoms. The third-order valence-electron chi connectivity index (χ3n) is 12.3. The summed E-state index contributed by atoms with van der Waals surface area (Å²) in [7, 11) is 0. The highest BCUT2D eigenvalue weighted by molar-refractivity contribution is 6.10. The van der Waals surface area contributed by atoms with E-state index in [4.69, 9.17) is 44.3 Å². The first kappa shape index (κ1) is 39.7. The summed E-state index contributed by atoms with van der Waals surface area (Å²) in [4.78, 5) is 41.1. The Balaban J connectivity index is 0.980. The molecule has 0 aliphatic carbocycles. The zero-order valence-electron chi connectivity index (χ0n) is 36.8. The Morgan fingerprint density at radius 3 is 1.20 bits per heavy atom. The van der Waals surface area contributed by atoms with Gasteiger partial charge in [-0.1, -0.05) is 170 Å². The fourth-order valence-electron chi connectivity index (χ4n) is 8.99. The summed E-state index contributed by atoms with van der Waals surface area (Å²) in [5.74, 6) is 2.41. The van der Waals surface area contributed by atoms with Crippen molar-refractivity contribution in [3.05, 3.63) is 218 Å². The molecule has 0 unspecified atom stereocenters. The first-order valence-corrected chi connectivity index (χ1v) is 22.7. The standard InChI is InChI=1S/C60H36N8O/c1-5-18-37(19-6-1)57-63-49(35-51(65-57)54-43-26-13-15-30-47(43)61-59(67-54)39-22-9-3-10-23-39)41-32-33-53-46(34-41)42-28-17-29-45(56(42)69-53)50-36-52(66-58(64-50)38-20-7-2-8-21-38)55-44-27-14-16-31-48(44)62-60(68-55)40-24-11-4-12-25-40/h1-36H. The number of fused-ring (bicyclic) bond motifs is 5. The summed E-state index contributed by atoms with van der Waals surface area (Å²) in [5, 5.41) is 3.67. The third kappa shape index (κ3) is 7.31. The van der Waals surface area contributed by atoms with Gasteiger partial charge in [0.1, 0.15) is 22.6 Å². The van der Waals surface area contributed by atoms with Crippen molar-refractivity contribution in [3.8, 4) is 90.8 Å². The first-order valence-electron chi connectivity index (χ1n) is 22.7. The molecule has 0 spiro atoms. The van der Waals surface area contributed by atoms with Gasteiger partial charge in [-0.25, -0.2) is 39.9 Å². The minimum Gasteiger partial charge on any atom is -0.455 e. The van der Waals surface area contributed by atoms with Crippen LogP contribution in [0.15, 0.2) is 223 Å². The topological polar surface area (TPSA) is 116 Å². The number of rotatable bonds is 8. The van der Waals surface area contributed by atoms with Crippen LogP contribution in [-0.2, 0) is 0 Å². The quantitative estimate of drug-likeness (QED) is 0.147. The lowest BCUT2D eigenvalue weighted by Crippen LogP contribution is -2.00. The van der Waals surface area contributed by atoms with Gasteiger partial charge < -0.3 is 4.42 Å². The Kier molecular flexibility index (Phi) is 9.61. The number of nitrogens with zero attached hydrogens (tertiary/aromatic N) is 8. The van der Waals surface area contributed by atoms with Gasteiger partial charge >= 0.3 is 0 Å². The summed E-state index contributed by atoms with van der Waals surface area (Å²) in [6.07, 6.45) is 0. The molecule has 13 rings (SSSR count). The van der Waals surface area contributed by atoms with Crippen LogP contribution >= 0.6 is 0 Å². The predicted molar refractivity (Wildman–Crippen MR) is 275 cm³/mol. The van der Waals surface area contributed by atoms with Gasteiger partial charge in [0.25, 0.3) is 0 Å². The molecular formula is C60H36N8O. The molecule has 5 aromatic heterocycles. The smallest absolute Gasteiger partial charge is 0.160 e. The van der Waals surface area contributed by atoms with Crippen molar-refractivity contribution in [2.24, 2.45) is 0 Å². The zero-order chi connectivity index (χ0) is 45.7. The number of benzene rings is 8. The minimum atomic E-state index is 0.573. The minimum absolute atomic E-state index is 0.573. The molecule has 0 amide bonds. The maximum absolute atomic E-state index is 6.82. The van der Waals surface area contributed by atoms with E-state index in [1.54, 1.807) is 0 Å². The van der Waals surface area contributed by atoms with Gasteiger partial charge in [-0.3, -0.25) is 0 Å². The molecule has 0 fully saturated rings. The normalized spacial score (nSPS) is 11.5. The Bertz CT molecular complexity index is 4070. The van der Waals surface area contributed by atoms with Crippen molar-refractivity contribution in [1.29, 1.82) is 0 Å². The highest BCUT2D eigenvalue weighted by Gasteiger charge is 2.21. The Morgan fingerprint density at radius 2 is 0.681 bits per heavy atom. The number of hydrogen-bond acceptors (Lipinski definition) is 9. The lowest BCUT2D eigenvalue weighted by atomic mass is 10.0. The molecule has 322 valence electrons. The number of hydrogen-bond donors (Lipinski definition) is 0. The third-order valence-corrected chi connectivity index (χ3v) is 12.3. The molecule has 0 atom stereocenters. The van der Waals surface area contributed by atoms with E-state index in [2.05, 4.69) is 30.3 Å². The lowest BCUT2D eigenvalue weighted by molar-refractivity contribution is 0.670. The molecule has 0 aliphatic heterocycles. The predicted octanol–water partition coefficient (Wildman–Crippen LogP) is 14.4. The highest BCUT2D eigenvalue weighted by atomic mass is 16.3. The Hall–Kier alpha value is -9.60. The molecule has 69 heavy (non-hydrogen) atoms. The molecule has 9 heteroatoms. The van der Waals surface area contributed by atoms with Crippen LogP contribution in [-0.4, -0.2) is 39.9 Å². The second-order valence-electron chi connectivity index (χ2n) is 16.7. The molecule has 13 aromatic rings. The second kappa shape index (κ2) is 16.7. The second-order valence-corrected chi connectivity index (χ2v) is 16.7. The molecule has 0 N–H and O–H groups in total. The molecule has 5 heterocycles. The Morgan fingerprint density at radius 1 is 0.261 bits per heavy atom. The number of para-hydroxylation sites is 3. The van der Waals surface area contributed by atoms with Crippen molar-refractivity contribution < 1.29 is 4.42 Å². The van der Waals surface area contributed by atoms with E-state index in [1.165, 1.54) is 0 Å². The van der Waals surface area contributed by atoms with Gasteiger partial charge in [0, 0.05) is 54.9 Å². The van der Waals surface area contributed by atoms with Crippen molar-refractivity contribution in [1.82, 2.24) is 39.9 Å². The SMILES string of the molecule is c1ccc(-c2nc(-c3ccc4oc5c(-c6cc(-c7nc(-c8ccccc8)nc8ccccc78)nc(-c7ccccc7)n6)cccc5c4c3)cc(-c3nc(-c4ccccc4)nc4ccccc34)n2)cc1. The fourth-order valence-corrected chi connectivity index (χ4v) is 8.99. The van der Waals surface area contributed by atoms with Crippen molar-refractivity contribution >= 4 is 43.7 Å². The van der Waals surface area contributed by atoms with E-state index in [1.807, 2.05) is 188 Å². The van der Waals surface area contributed by atoms with Crippen molar-refractivity contribution in [3.63, 3.8) is 0 Å².